The van der Waals surface area contributed by atoms with Gasteiger partial charge in [0.25, 0.3) is 0 Å². The standard InChI is InChI=1S/C14H19N5/c1-19(12-6-3-2-4-7-12)9-5-8-16-14-10-13(15)17-11-18-14/h2-4,6-7,10-11H,5,8-9H2,1H3,(H3,15,16,17,18). The van der Waals surface area contributed by atoms with E-state index >= 15 is 0 Å². The van der Waals surface area contributed by atoms with E-state index in [0.29, 0.717) is 5.82 Å². The highest BCUT2D eigenvalue weighted by Gasteiger charge is 1.99. The summed E-state index contributed by atoms with van der Waals surface area (Å²) in [7, 11) is 2.10. The van der Waals surface area contributed by atoms with Crippen LogP contribution in [0.3, 0.4) is 0 Å². The molecule has 2 rings (SSSR count). The molecule has 5 nitrogen and oxygen atoms in total. The zero-order chi connectivity index (χ0) is 13.5. The van der Waals surface area contributed by atoms with Gasteiger partial charge in [0.1, 0.15) is 18.0 Å². The summed E-state index contributed by atoms with van der Waals surface area (Å²) in [6, 6.07) is 12.1. The maximum Gasteiger partial charge on any atom is 0.131 e. The van der Waals surface area contributed by atoms with Crippen molar-refractivity contribution < 1.29 is 0 Å². The Labute approximate surface area is 113 Å². The lowest BCUT2D eigenvalue weighted by atomic mass is 10.3. The highest BCUT2D eigenvalue weighted by atomic mass is 15.1. The second kappa shape index (κ2) is 6.58. The highest BCUT2D eigenvalue weighted by Crippen LogP contribution is 2.11. The number of para-hydroxylation sites is 1. The molecule has 2 aromatic rings. The second-order valence-corrected chi connectivity index (χ2v) is 4.37. The first kappa shape index (κ1) is 13.1. The zero-order valence-electron chi connectivity index (χ0n) is 11.1. The summed E-state index contributed by atoms with van der Waals surface area (Å²) in [5, 5.41) is 3.23. The molecule has 0 saturated heterocycles. The van der Waals surface area contributed by atoms with Crippen LogP contribution in [-0.2, 0) is 0 Å². The van der Waals surface area contributed by atoms with Gasteiger partial charge in [0.05, 0.1) is 0 Å². The monoisotopic (exact) mass is 257 g/mol. The van der Waals surface area contributed by atoms with Gasteiger partial charge in [-0.15, -0.1) is 0 Å². The number of rotatable bonds is 6. The maximum absolute atomic E-state index is 5.59. The Kier molecular flexibility index (Phi) is 4.55. The quantitative estimate of drug-likeness (QED) is 0.775. The van der Waals surface area contributed by atoms with Gasteiger partial charge in [0, 0.05) is 31.9 Å². The fourth-order valence-electron chi connectivity index (χ4n) is 1.81. The van der Waals surface area contributed by atoms with Crippen LogP contribution in [0, 0.1) is 0 Å². The molecule has 0 aliphatic carbocycles. The molecule has 0 spiro atoms. The number of nitrogen functional groups attached to an aromatic ring is 1. The van der Waals surface area contributed by atoms with Gasteiger partial charge < -0.3 is 16.0 Å². The minimum absolute atomic E-state index is 0.485. The van der Waals surface area contributed by atoms with Crippen molar-refractivity contribution in [2.45, 2.75) is 6.42 Å². The number of aromatic nitrogens is 2. The van der Waals surface area contributed by atoms with Crippen molar-refractivity contribution in [2.24, 2.45) is 0 Å². The molecule has 0 atom stereocenters. The average molecular weight is 257 g/mol. The summed E-state index contributed by atoms with van der Waals surface area (Å²) >= 11 is 0. The molecule has 0 unspecified atom stereocenters. The molecule has 0 fully saturated rings. The van der Waals surface area contributed by atoms with Crippen molar-refractivity contribution in [1.82, 2.24) is 9.97 Å². The minimum Gasteiger partial charge on any atom is -0.384 e. The number of anilines is 3. The van der Waals surface area contributed by atoms with Gasteiger partial charge in [-0.25, -0.2) is 9.97 Å². The predicted molar refractivity (Wildman–Crippen MR) is 79.3 cm³/mol. The topological polar surface area (TPSA) is 67.1 Å². The van der Waals surface area contributed by atoms with E-state index in [0.717, 1.165) is 25.3 Å². The lowest BCUT2D eigenvalue weighted by Crippen LogP contribution is -2.20. The Bertz CT molecular complexity index is 500. The van der Waals surface area contributed by atoms with Gasteiger partial charge in [0.2, 0.25) is 0 Å². The normalized spacial score (nSPS) is 10.2. The van der Waals surface area contributed by atoms with Crippen LogP contribution in [0.5, 0.6) is 0 Å². The molecule has 1 aromatic heterocycles. The molecular formula is C14H19N5. The van der Waals surface area contributed by atoms with E-state index in [9.17, 15) is 0 Å². The molecule has 3 N–H and O–H groups in total. The molecule has 1 heterocycles. The van der Waals surface area contributed by atoms with E-state index in [2.05, 4.69) is 39.4 Å². The largest absolute Gasteiger partial charge is 0.384 e. The van der Waals surface area contributed by atoms with Gasteiger partial charge >= 0.3 is 0 Å². The van der Waals surface area contributed by atoms with E-state index in [1.54, 1.807) is 6.07 Å². The molecule has 0 amide bonds. The van der Waals surface area contributed by atoms with Crippen molar-refractivity contribution in [3.8, 4) is 0 Å². The van der Waals surface area contributed by atoms with Gasteiger partial charge in [-0.1, -0.05) is 18.2 Å². The van der Waals surface area contributed by atoms with Crippen LogP contribution in [0.1, 0.15) is 6.42 Å². The molecule has 1 aromatic carbocycles. The Morgan fingerprint density at radius 3 is 2.74 bits per heavy atom. The first-order chi connectivity index (χ1) is 9.25. The van der Waals surface area contributed by atoms with Crippen LogP contribution in [0.4, 0.5) is 17.3 Å². The fourth-order valence-corrected chi connectivity index (χ4v) is 1.81. The first-order valence-corrected chi connectivity index (χ1v) is 6.33. The third-order valence-corrected chi connectivity index (χ3v) is 2.86. The lowest BCUT2D eigenvalue weighted by Gasteiger charge is -2.19. The van der Waals surface area contributed by atoms with Crippen LogP contribution in [0.2, 0.25) is 0 Å². The molecule has 0 radical (unpaired) electrons. The number of nitrogens with zero attached hydrogens (tertiary/aromatic N) is 3. The third-order valence-electron chi connectivity index (χ3n) is 2.86. The maximum atomic E-state index is 5.59. The lowest BCUT2D eigenvalue weighted by molar-refractivity contribution is 0.814. The van der Waals surface area contributed by atoms with Crippen molar-refractivity contribution >= 4 is 17.3 Å². The van der Waals surface area contributed by atoms with Crippen molar-refractivity contribution in [2.75, 3.05) is 36.1 Å². The molecule has 100 valence electrons. The van der Waals surface area contributed by atoms with Crippen LogP contribution >= 0.6 is 0 Å². The summed E-state index contributed by atoms with van der Waals surface area (Å²) in [4.78, 5) is 10.2. The average Bonchev–Trinajstić information content (AvgIpc) is 2.44. The Morgan fingerprint density at radius 2 is 2.00 bits per heavy atom. The molecule has 5 heteroatoms. The number of hydrogen-bond acceptors (Lipinski definition) is 5. The van der Waals surface area contributed by atoms with Crippen molar-refractivity contribution in [3.63, 3.8) is 0 Å². The van der Waals surface area contributed by atoms with Gasteiger partial charge in [-0.2, -0.15) is 0 Å². The fraction of sp³-hybridized carbons (Fsp3) is 0.286. The van der Waals surface area contributed by atoms with E-state index < -0.39 is 0 Å². The van der Waals surface area contributed by atoms with Crippen LogP contribution in [0.25, 0.3) is 0 Å². The summed E-state index contributed by atoms with van der Waals surface area (Å²) < 4.78 is 0. The van der Waals surface area contributed by atoms with Gasteiger partial charge in [-0.05, 0) is 18.6 Å². The molecule has 0 aliphatic heterocycles. The van der Waals surface area contributed by atoms with E-state index in [-0.39, 0.29) is 0 Å². The summed E-state index contributed by atoms with van der Waals surface area (Å²) in [6.07, 6.45) is 2.49. The Balaban J connectivity index is 1.72. The Hall–Kier alpha value is -2.30. The van der Waals surface area contributed by atoms with Crippen LogP contribution in [-0.4, -0.2) is 30.1 Å². The molecular weight excluding hydrogens is 238 g/mol. The predicted octanol–water partition coefficient (Wildman–Crippen LogP) is 2.00. The SMILES string of the molecule is CN(CCCNc1cc(N)ncn1)c1ccccc1. The Morgan fingerprint density at radius 1 is 1.21 bits per heavy atom. The summed E-state index contributed by atoms with van der Waals surface area (Å²) in [5.74, 6) is 1.26. The summed E-state index contributed by atoms with van der Waals surface area (Å²) in [5.41, 5.74) is 6.82. The van der Waals surface area contributed by atoms with Crippen LogP contribution < -0.4 is 16.0 Å². The summed E-state index contributed by atoms with van der Waals surface area (Å²) in [6.45, 7) is 1.84. The number of hydrogen-bond donors (Lipinski definition) is 2. The first-order valence-electron chi connectivity index (χ1n) is 6.33. The number of nitrogens with one attached hydrogen (secondary N) is 1. The van der Waals surface area contributed by atoms with E-state index in [1.807, 2.05) is 18.2 Å². The highest BCUT2D eigenvalue weighted by molar-refractivity contribution is 5.45. The molecule has 19 heavy (non-hydrogen) atoms. The van der Waals surface area contributed by atoms with Crippen LogP contribution in [0.15, 0.2) is 42.7 Å². The van der Waals surface area contributed by atoms with E-state index in [1.165, 1.54) is 12.0 Å². The molecule has 0 aliphatic rings. The molecule has 0 bridgehead atoms. The second-order valence-electron chi connectivity index (χ2n) is 4.37. The zero-order valence-corrected chi connectivity index (χ0v) is 11.1. The third kappa shape index (κ3) is 4.13. The van der Waals surface area contributed by atoms with Crippen molar-refractivity contribution in [3.05, 3.63) is 42.7 Å². The number of nitrogens with two attached hydrogens (primary N) is 1. The smallest absolute Gasteiger partial charge is 0.131 e. The molecule has 0 saturated carbocycles. The minimum atomic E-state index is 0.485. The van der Waals surface area contributed by atoms with Crippen molar-refractivity contribution in [1.29, 1.82) is 0 Å². The van der Waals surface area contributed by atoms with Gasteiger partial charge in [0.15, 0.2) is 0 Å². The van der Waals surface area contributed by atoms with E-state index in [4.69, 9.17) is 5.73 Å². The number of benzene rings is 1. The van der Waals surface area contributed by atoms with Gasteiger partial charge in [-0.3, -0.25) is 0 Å².